The minimum atomic E-state index is -3.46. The predicted octanol–water partition coefficient (Wildman–Crippen LogP) is 2.86. The molecule has 0 aromatic carbocycles. The van der Waals surface area contributed by atoms with Crippen LogP contribution in [-0.2, 0) is 10.0 Å². The van der Waals surface area contributed by atoms with E-state index >= 15 is 0 Å². The van der Waals surface area contributed by atoms with Crippen molar-refractivity contribution in [1.29, 1.82) is 0 Å². The molecular formula is C9H9BrClNO2S2. The quantitative estimate of drug-likeness (QED) is 0.675. The monoisotopic (exact) mass is 341 g/mol. The Morgan fingerprint density at radius 1 is 1.62 bits per heavy atom. The fourth-order valence-electron chi connectivity index (χ4n) is 0.903. The Morgan fingerprint density at radius 2 is 2.31 bits per heavy atom. The Bertz CT molecular complexity index is 508. The summed E-state index contributed by atoms with van der Waals surface area (Å²) in [6, 6.07) is 1.42. The summed E-state index contributed by atoms with van der Waals surface area (Å²) < 4.78 is 26.7. The standard InChI is InChI=1S/C9H9BrClNO2S2/c1-2-3-4-5-12-16(13,14)8-6-7(11)9(10)15-8/h6,12H,4-5H2,1H3. The van der Waals surface area contributed by atoms with Gasteiger partial charge in [0.2, 0.25) is 10.0 Å². The predicted molar refractivity (Wildman–Crippen MR) is 70.3 cm³/mol. The Kier molecular flexibility index (Phi) is 5.28. The highest BCUT2D eigenvalue weighted by Gasteiger charge is 2.17. The maximum atomic E-state index is 11.7. The first-order valence-electron chi connectivity index (χ1n) is 4.31. The minimum Gasteiger partial charge on any atom is -0.209 e. The second-order valence-corrected chi connectivity index (χ2v) is 7.53. The van der Waals surface area contributed by atoms with Crippen molar-refractivity contribution in [1.82, 2.24) is 4.72 Å². The van der Waals surface area contributed by atoms with Crippen LogP contribution in [0.5, 0.6) is 0 Å². The number of hydrogen-bond acceptors (Lipinski definition) is 3. The topological polar surface area (TPSA) is 46.2 Å². The molecule has 0 radical (unpaired) electrons. The van der Waals surface area contributed by atoms with Gasteiger partial charge in [-0.1, -0.05) is 11.6 Å². The van der Waals surface area contributed by atoms with E-state index in [2.05, 4.69) is 32.5 Å². The summed E-state index contributed by atoms with van der Waals surface area (Å²) >= 11 is 10.0. The Labute approximate surface area is 112 Å². The second-order valence-electron chi connectivity index (χ2n) is 2.76. The van der Waals surface area contributed by atoms with Crippen molar-refractivity contribution < 1.29 is 8.42 Å². The van der Waals surface area contributed by atoms with Crippen molar-refractivity contribution in [2.45, 2.75) is 17.6 Å². The highest BCUT2D eigenvalue weighted by Crippen LogP contribution is 2.34. The van der Waals surface area contributed by atoms with Gasteiger partial charge in [0.25, 0.3) is 0 Å². The van der Waals surface area contributed by atoms with E-state index in [9.17, 15) is 8.42 Å². The number of sulfonamides is 1. The first-order valence-corrected chi connectivity index (χ1v) is 7.78. The molecule has 0 spiro atoms. The normalized spacial score (nSPS) is 10.9. The smallest absolute Gasteiger partial charge is 0.209 e. The lowest BCUT2D eigenvalue weighted by atomic mass is 10.4. The van der Waals surface area contributed by atoms with Crippen molar-refractivity contribution in [2.75, 3.05) is 6.54 Å². The maximum Gasteiger partial charge on any atom is 0.250 e. The Morgan fingerprint density at radius 3 is 2.81 bits per heavy atom. The van der Waals surface area contributed by atoms with Crippen LogP contribution in [0.25, 0.3) is 0 Å². The van der Waals surface area contributed by atoms with Crippen LogP contribution in [-0.4, -0.2) is 15.0 Å². The molecule has 0 saturated carbocycles. The van der Waals surface area contributed by atoms with Gasteiger partial charge in [-0.3, -0.25) is 0 Å². The van der Waals surface area contributed by atoms with E-state index in [1.165, 1.54) is 6.07 Å². The Balaban J connectivity index is 2.73. The molecule has 0 unspecified atom stereocenters. The van der Waals surface area contributed by atoms with Gasteiger partial charge in [-0.2, -0.15) is 0 Å². The molecule has 0 saturated heterocycles. The third kappa shape index (κ3) is 3.75. The van der Waals surface area contributed by atoms with Gasteiger partial charge in [0.1, 0.15) is 4.21 Å². The zero-order chi connectivity index (χ0) is 12.2. The lowest BCUT2D eigenvalue weighted by molar-refractivity contribution is 0.584. The summed E-state index contributed by atoms with van der Waals surface area (Å²) in [7, 11) is -3.46. The summed E-state index contributed by atoms with van der Waals surface area (Å²) in [5.41, 5.74) is 0. The lowest BCUT2D eigenvalue weighted by Crippen LogP contribution is -2.23. The van der Waals surface area contributed by atoms with E-state index in [0.29, 0.717) is 21.8 Å². The van der Waals surface area contributed by atoms with Gasteiger partial charge in [-0.05, 0) is 28.9 Å². The van der Waals surface area contributed by atoms with Crippen LogP contribution in [0.2, 0.25) is 5.02 Å². The molecule has 88 valence electrons. The van der Waals surface area contributed by atoms with Gasteiger partial charge >= 0.3 is 0 Å². The molecule has 3 nitrogen and oxygen atoms in total. The molecule has 0 aliphatic rings. The van der Waals surface area contributed by atoms with E-state index in [1.807, 2.05) is 0 Å². The van der Waals surface area contributed by atoms with Crippen LogP contribution < -0.4 is 4.72 Å². The first kappa shape index (κ1) is 14.0. The summed E-state index contributed by atoms with van der Waals surface area (Å²) in [5, 5.41) is 0.402. The van der Waals surface area contributed by atoms with Crippen molar-refractivity contribution >= 4 is 48.9 Å². The van der Waals surface area contributed by atoms with E-state index in [-0.39, 0.29) is 4.21 Å². The van der Waals surface area contributed by atoms with Crippen LogP contribution in [0.15, 0.2) is 14.1 Å². The van der Waals surface area contributed by atoms with Gasteiger partial charge in [-0.25, -0.2) is 13.1 Å². The number of nitrogens with one attached hydrogen (secondary N) is 1. The summed E-state index contributed by atoms with van der Waals surface area (Å²) in [5.74, 6) is 5.48. The van der Waals surface area contributed by atoms with Crippen LogP contribution in [0.3, 0.4) is 0 Å². The molecule has 1 aromatic rings. The molecule has 1 heterocycles. The number of halogens is 2. The summed E-state index contributed by atoms with van der Waals surface area (Å²) in [6.07, 6.45) is 0.496. The van der Waals surface area contributed by atoms with Gasteiger partial charge in [0, 0.05) is 13.0 Å². The third-order valence-corrected chi connectivity index (χ3v) is 6.02. The molecule has 0 bridgehead atoms. The van der Waals surface area contributed by atoms with Crippen LogP contribution in [0.1, 0.15) is 13.3 Å². The van der Waals surface area contributed by atoms with Gasteiger partial charge < -0.3 is 0 Å². The van der Waals surface area contributed by atoms with Crippen LogP contribution >= 0.6 is 38.9 Å². The fraction of sp³-hybridized carbons (Fsp3) is 0.333. The molecular weight excluding hydrogens is 334 g/mol. The van der Waals surface area contributed by atoms with E-state index in [1.54, 1.807) is 6.92 Å². The molecule has 0 amide bonds. The minimum absolute atomic E-state index is 0.203. The molecule has 0 aliphatic heterocycles. The molecule has 0 fully saturated rings. The Hall–Kier alpha value is -0.0600. The average Bonchev–Trinajstić information content (AvgIpc) is 2.55. The average molecular weight is 343 g/mol. The first-order chi connectivity index (χ1) is 7.47. The number of rotatable bonds is 4. The second kappa shape index (κ2) is 6.03. The third-order valence-electron chi connectivity index (χ3n) is 1.61. The number of hydrogen-bond donors (Lipinski definition) is 1. The lowest BCUT2D eigenvalue weighted by Gasteiger charge is -2.01. The maximum absolute atomic E-state index is 11.7. The van der Waals surface area contributed by atoms with E-state index in [0.717, 1.165) is 11.3 Å². The zero-order valence-corrected chi connectivity index (χ0v) is 12.4. The van der Waals surface area contributed by atoms with Crippen molar-refractivity contribution in [2.24, 2.45) is 0 Å². The molecule has 1 rings (SSSR count). The molecule has 16 heavy (non-hydrogen) atoms. The fourth-order valence-corrected chi connectivity index (χ4v) is 4.38. The summed E-state index contributed by atoms with van der Waals surface area (Å²) in [6.45, 7) is 2.01. The molecule has 0 aliphatic carbocycles. The van der Waals surface area contributed by atoms with Gasteiger partial charge in [0.05, 0.1) is 8.81 Å². The molecule has 0 atom stereocenters. The zero-order valence-electron chi connectivity index (χ0n) is 8.38. The van der Waals surface area contributed by atoms with Crippen molar-refractivity contribution in [3.63, 3.8) is 0 Å². The number of thiophene rings is 1. The van der Waals surface area contributed by atoms with E-state index in [4.69, 9.17) is 11.6 Å². The van der Waals surface area contributed by atoms with Crippen molar-refractivity contribution in [3.05, 3.63) is 14.9 Å². The molecule has 1 aromatic heterocycles. The van der Waals surface area contributed by atoms with Gasteiger partial charge in [-0.15, -0.1) is 23.2 Å². The SMILES string of the molecule is CC#CCCNS(=O)(=O)c1cc(Cl)c(Br)s1. The highest BCUT2D eigenvalue weighted by molar-refractivity contribution is 9.11. The molecule has 7 heteroatoms. The summed E-state index contributed by atoms with van der Waals surface area (Å²) in [4.78, 5) is 0. The highest BCUT2D eigenvalue weighted by atomic mass is 79.9. The van der Waals surface area contributed by atoms with Crippen LogP contribution in [0.4, 0.5) is 0 Å². The van der Waals surface area contributed by atoms with Crippen LogP contribution in [0, 0.1) is 11.8 Å². The van der Waals surface area contributed by atoms with E-state index < -0.39 is 10.0 Å². The van der Waals surface area contributed by atoms with Gasteiger partial charge in [0.15, 0.2) is 0 Å². The molecule has 1 N–H and O–H groups in total. The largest absolute Gasteiger partial charge is 0.250 e. The van der Waals surface area contributed by atoms with Crippen molar-refractivity contribution in [3.8, 4) is 11.8 Å².